The first-order chi connectivity index (χ1) is 10.5. The highest BCUT2D eigenvalue weighted by Crippen LogP contribution is 2.37. The van der Waals surface area contributed by atoms with E-state index in [1.165, 1.54) is 6.92 Å². The molecule has 0 saturated carbocycles. The van der Waals surface area contributed by atoms with Crippen LogP contribution in [0.2, 0.25) is 0 Å². The maximum Gasteiger partial charge on any atom is 0.334 e. The molecular weight excluding hydrogens is 284 g/mol. The van der Waals surface area contributed by atoms with Crippen molar-refractivity contribution in [3.63, 3.8) is 0 Å². The van der Waals surface area contributed by atoms with Crippen LogP contribution in [-0.4, -0.2) is 18.0 Å². The Balaban J connectivity index is 2.06. The summed E-state index contributed by atoms with van der Waals surface area (Å²) in [4.78, 5) is 23.3. The van der Waals surface area contributed by atoms with Gasteiger partial charge in [-0.25, -0.2) is 4.79 Å². The molecule has 2 bridgehead atoms. The van der Waals surface area contributed by atoms with Gasteiger partial charge in [0.25, 0.3) is 0 Å². The van der Waals surface area contributed by atoms with Crippen molar-refractivity contribution in [1.82, 2.24) is 0 Å². The minimum Gasteiger partial charge on any atom is -0.464 e. The fourth-order valence-electron chi connectivity index (χ4n) is 2.92. The summed E-state index contributed by atoms with van der Waals surface area (Å²) in [5.74, 6) is -0.00598. The van der Waals surface area contributed by atoms with E-state index < -0.39 is 6.10 Å². The number of rotatable bonds is 1. The van der Waals surface area contributed by atoms with Crippen LogP contribution in [0.4, 0.5) is 0 Å². The molecule has 5 nitrogen and oxygen atoms in total. The Morgan fingerprint density at radius 3 is 2.86 bits per heavy atom. The average molecular weight is 302 g/mol. The van der Waals surface area contributed by atoms with Crippen molar-refractivity contribution in [3.05, 3.63) is 40.4 Å². The maximum atomic E-state index is 12.0. The van der Waals surface area contributed by atoms with E-state index in [0.717, 1.165) is 16.7 Å². The molecule has 0 fully saturated rings. The molecule has 3 rings (SSSR count). The van der Waals surface area contributed by atoms with Gasteiger partial charge in [0.2, 0.25) is 0 Å². The summed E-state index contributed by atoms with van der Waals surface area (Å²) in [5, 5.41) is 0. The van der Waals surface area contributed by atoms with Gasteiger partial charge in [-0.1, -0.05) is 0 Å². The highest BCUT2D eigenvalue weighted by Gasteiger charge is 2.32. The van der Waals surface area contributed by atoms with Gasteiger partial charge in [0.05, 0.1) is 6.26 Å². The van der Waals surface area contributed by atoms with E-state index in [4.69, 9.17) is 13.9 Å². The van der Waals surface area contributed by atoms with Crippen molar-refractivity contribution in [2.24, 2.45) is 0 Å². The summed E-state index contributed by atoms with van der Waals surface area (Å²) in [5.41, 5.74) is 3.30. The molecule has 116 valence electrons. The first-order valence-corrected chi connectivity index (χ1v) is 7.30. The number of hydrogen-bond donors (Lipinski definition) is 0. The highest BCUT2D eigenvalue weighted by atomic mass is 16.6. The first-order valence-electron chi connectivity index (χ1n) is 7.30. The molecular formula is C17H18O5. The summed E-state index contributed by atoms with van der Waals surface area (Å²) in [6.45, 7) is 5.20. The van der Waals surface area contributed by atoms with E-state index in [2.05, 4.69) is 0 Å². The van der Waals surface area contributed by atoms with E-state index in [1.807, 2.05) is 26.0 Å². The topological polar surface area (TPSA) is 65.7 Å². The lowest BCUT2D eigenvalue weighted by Gasteiger charge is -2.18. The number of esters is 2. The van der Waals surface area contributed by atoms with Crippen LogP contribution in [0.1, 0.15) is 49.7 Å². The molecule has 0 radical (unpaired) electrons. The van der Waals surface area contributed by atoms with Gasteiger partial charge in [-0.3, -0.25) is 4.79 Å². The first kappa shape index (κ1) is 14.6. The smallest absolute Gasteiger partial charge is 0.334 e. The van der Waals surface area contributed by atoms with Crippen molar-refractivity contribution in [2.45, 2.75) is 45.8 Å². The van der Waals surface area contributed by atoms with Gasteiger partial charge in [-0.05, 0) is 50.0 Å². The van der Waals surface area contributed by atoms with Gasteiger partial charge in [-0.15, -0.1) is 0 Å². The number of carbonyl (C=O) groups is 2. The summed E-state index contributed by atoms with van der Waals surface area (Å²) in [6, 6.07) is 0. The Labute approximate surface area is 128 Å². The van der Waals surface area contributed by atoms with Crippen LogP contribution in [-0.2, 0) is 19.1 Å². The van der Waals surface area contributed by atoms with Crippen LogP contribution >= 0.6 is 0 Å². The molecule has 0 N–H and O–H groups in total. The summed E-state index contributed by atoms with van der Waals surface area (Å²) in [7, 11) is 0. The van der Waals surface area contributed by atoms with Crippen LogP contribution in [0.15, 0.2) is 27.9 Å². The number of hydrogen-bond acceptors (Lipinski definition) is 5. The van der Waals surface area contributed by atoms with Crippen LogP contribution < -0.4 is 0 Å². The Bertz CT molecular complexity index is 692. The number of fused-ring (bicyclic) bond motifs is 3. The minimum atomic E-state index is -0.398. The van der Waals surface area contributed by atoms with E-state index in [9.17, 15) is 9.59 Å². The lowest BCUT2D eigenvalue weighted by Crippen LogP contribution is -2.18. The maximum absolute atomic E-state index is 12.0. The Morgan fingerprint density at radius 1 is 1.36 bits per heavy atom. The van der Waals surface area contributed by atoms with Crippen molar-refractivity contribution in [2.75, 3.05) is 0 Å². The van der Waals surface area contributed by atoms with Crippen LogP contribution in [0.25, 0.3) is 6.08 Å². The molecule has 0 amide bonds. The number of ether oxygens (including phenoxy) is 2. The Morgan fingerprint density at radius 2 is 2.14 bits per heavy atom. The third kappa shape index (κ3) is 2.58. The Hall–Kier alpha value is -2.30. The predicted molar refractivity (Wildman–Crippen MR) is 78.8 cm³/mol. The van der Waals surface area contributed by atoms with Crippen LogP contribution in [0.5, 0.6) is 0 Å². The number of aryl methyl sites for hydroxylation is 1. The SMILES string of the molecule is CC(=O)OC1CCC2=CC(OC2=O)c2c(C)coc2C=C1C. The molecule has 0 aromatic carbocycles. The molecule has 1 aromatic heterocycles. The van der Waals surface area contributed by atoms with Gasteiger partial charge in [0.15, 0.2) is 6.10 Å². The van der Waals surface area contributed by atoms with Gasteiger partial charge in [0, 0.05) is 18.1 Å². The molecule has 1 aromatic rings. The zero-order valence-electron chi connectivity index (χ0n) is 12.8. The van der Waals surface area contributed by atoms with E-state index >= 15 is 0 Å². The molecule has 2 atom stereocenters. The minimum absolute atomic E-state index is 0.308. The largest absolute Gasteiger partial charge is 0.464 e. The second kappa shape index (κ2) is 5.48. The van der Waals surface area contributed by atoms with Crippen molar-refractivity contribution >= 4 is 18.0 Å². The van der Waals surface area contributed by atoms with Gasteiger partial charge >= 0.3 is 11.9 Å². The summed E-state index contributed by atoms with van der Waals surface area (Å²) < 4.78 is 16.4. The number of furan rings is 1. The average Bonchev–Trinajstić information content (AvgIpc) is 2.97. The lowest BCUT2D eigenvalue weighted by molar-refractivity contribution is -0.144. The molecule has 2 aliphatic rings. The van der Waals surface area contributed by atoms with Crippen molar-refractivity contribution in [1.29, 1.82) is 0 Å². The van der Waals surface area contributed by atoms with Crippen molar-refractivity contribution in [3.8, 4) is 0 Å². The van der Waals surface area contributed by atoms with Crippen LogP contribution in [0.3, 0.4) is 0 Å². The summed E-state index contributed by atoms with van der Waals surface area (Å²) in [6.07, 6.45) is 5.64. The predicted octanol–water partition coefficient (Wildman–Crippen LogP) is 3.24. The van der Waals surface area contributed by atoms with Crippen molar-refractivity contribution < 1.29 is 23.5 Å². The Kier molecular flexibility index (Phi) is 3.64. The van der Waals surface area contributed by atoms with Gasteiger partial charge in [-0.2, -0.15) is 0 Å². The zero-order chi connectivity index (χ0) is 15.9. The van der Waals surface area contributed by atoms with Crippen LogP contribution in [0, 0.1) is 6.92 Å². The monoisotopic (exact) mass is 302 g/mol. The summed E-state index contributed by atoms with van der Waals surface area (Å²) >= 11 is 0. The molecule has 0 saturated heterocycles. The highest BCUT2D eigenvalue weighted by molar-refractivity contribution is 5.91. The zero-order valence-corrected chi connectivity index (χ0v) is 12.8. The standard InChI is InChI=1S/C17H18O5/c1-9-6-14-16(10(2)8-20-14)15-7-12(17(19)22-15)4-5-13(9)21-11(3)18/h6-8,13,15H,4-5H2,1-3H3. The molecule has 1 aliphatic carbocycles. The van der Waals surface area contributed by atoms with Gasteiger partial charge < -0.3 is 13.9 Å². The van der Waals surface area contributed by atoms with E-state index in [0.29, 0.717) is 24.2 Å². The molecule has 5 heteroatoms. The quantitative estimate of drug-likeness (QED) is 0.745. The molecule has 22 heavy (non-hydrogen) atoms. The fourth-order valence-corrected chi connectivity index (χ4v) is 2.92. The van der Waals surface area contributed by atoms with Gasteiger partial charge in [0.1, 0.15) is 11.9 Å². The fraction of sp³-hybridized carbons (Fsp3) is 0.412. The molecule has 2 heterocycles. The van der Waals surface area contributed by atoms with E-state index in [-0.39, 0.29) is 18.0 Å². The third-order valence-electron chi connectivity index (χ3n) is 4.04. The second-order valence-electron chi connectivity index (χ2n) is 5.74. The second-order valence-corrected chi connectivity index (χ2v) is 5.74. The molecule has 0 spiro atoms. The number of carbonyl (C=O) groups excluding carboxylic acids is 2. The normalized spacial score (nSPS) is 24.0. The molecule has 1 aliphatic heterocycles. The lowest BCUT2D eigenvalue weighted by atomic mass is 9.96. The van der Waals surface area contributed by atoms with E-state index in [1.54, 1.807) is 6.26 Å². The molecule has 2 unspecified atom stereocenters. The third-order valence-corrected chi connectivity index (χ3v) is 4.04.